The second-order valence-electron chi connectivity index (χ2n) is 5.57. The van der Waals surface area contributed by atoms with Crippen LogP contribution in [0.25, 0.3) is 0 Å². The van der Waals surface area contributed by atoms with Crippen molar-refractivity contribution >= 4 is 21.8 Å². The van der Waals surface area contributed by atoms with Gasteiger partial charge in [-0.2, -0.15) is 0 Å². The lowest BCUT2D eigenvalue weighted by Gasteiger charge is -2.28. The molecule has 0 aromatic heterocycles. The first-order valence-electron chi connectivity index (χ1n) is 6.22. The zero-order valence-electron chi connectivity index (χ0n) is 10.8. The topological polar surface area (TPSA) is 104 Å². The highest BCUT2D eigenvalue weighted by molar-refractivity contribution is 7.91. The molecule has 1 unspecified atom stereocenters. The number of sulfone groups is 1. The number of amides is 2. The summed E-state index contributed by atoms with van der Waals surface area (Å²) in [5.74, 6) is -1.27. The van der Waals surface area contributed by atoms with Crippen molar-refractivity contribution in [2.75, 3.05) is 18.1 Å². The summed E-state index contributed by atoms with van der Waals surface area (Å²) in [7, 11) is -3.15. The second-order valence-corrected chi connectivity index (χ2v) is 7.80. The highest BCUT2D eigenvalue weighted by Crippen LogP contribution is 2.34. The van der Waals surface area contributed by atoms with Crippen LogP contribution >= 0.6 is 0 Å². The summed E-state index contributed by atoms with van der Waals surface area (Å²) in [4.78, 5) is 24.1. The van der Waals surface area contributed by atoms with E-state index >= 15 is 0 Å². The van der Waals surface area contributed by atoms with Crippen LogP contribution in [-0.2, 0) is 14.6 Å². The smallest absolute Gasteiger partial charge is 0.323 e. The summed E-state index contributed by atoms with van der Waals surface area (Å²) in [5.41, 5.74) is -0.259. The number of hydrogen-bond acceptors (Lipinski definition) is 4. The molecular weight excluding hydrogens is 272 g/mol. The number of nitrogens with one attached hydrogen (secondary N) is 1. The van der Waals surface area contributed by atoms with Crippen molar-refractivity contribution in [3.05, 3.63) is 0 Å². The predicted octanol–water partition coefficient (Wildman–Crippen LogP) is -0.178. The van der Waals surface area contributed by atoms with Gasteiger partial charge in [0, 0.05) is 11.6 Å². The zero-order chi connectivity index (χ0) is 14.3. The maximum absolute atomic E-state index is 12.1. The van der Waals surface area contributed by atoms with Crippen LogP contribution in [0.15, 0.2) is 0 Å². The van der Waals surface area contributed by atoms with Crippen molar-refractivity contribution in [3.63, 3.8) is 0 Å². The fourth-order valence-corrected chi connectivity index (χ4v) is 3.91. The fraction of sp³-hybridized carbons (Fsp3) is 0.818. The van der Waals surface area contributed by atoms with Gasteiger partial charge in [0.1, 0.15) is 6.54 Å². The first kappa shape index (κ1) is 14.1. The van der Waals surface area contributed by atoms with Gasteiger partial charge in [0.2, 0.25) is 0 Å². The monoisotopic (exact) mass is 290 g/mol. The average Bonchev–Trinajstić information content (AvgIpc) is 2.87. The average molecular weight is 290 g/mol. The number of nitrogens with zero attached hydrogens (tertiary/aromatic N) is 1. The van der Waals surface area contributed by atoms with Crippen molar-refractivity contribution in [2.45, 2.75) is 37.8 Å². The molecule has 0 aromatic carbocycles. The van der Waals surface area contributed by atoms with Crippen LogP contribution in [0.3, 0.4) is 0 Å². The van der Waals surface area contributed by atoms with Crippen LogP contribution in [0.5, 0.6) is 0 Å². The number of carboxylic acid groups (broad SMARTS) is 1. The third kappa shape index (κ3) is 3.59. The van der Waals surface area contributed by atoms with Crippen molar-refractivity contribution in [1.82, 2.24) is 10.2 Å². The minimum atomic E-state index is -3.15. The molecule has 2 amide bonds. The summed E-state index contributed by atoms with van der Waals surface area (Å²) in [6.45, 7) is 1.41. The van der Waals surface area contributed by atoms with Gasteiger partial charge in [0.05, 0.1) is 11.5 Å². The van der Waals surface area contributed by atoms with E-state index in [2.05, 4.69) is 5.32 Å². The van der Waals surface area contributed by atoms with E-state index in [4.69, 9.17) is 5.11 Å². The molecule has 2 aliphatic rings. The van der Waals surface area contributed by atoms with E-state index in [1.54, 1.807) is 0 Å². The predicted molar refractivity (Wildman–Crippen MR) is 67.6 cm³/mol. The van der Waals surface area contributed by atoms with E-state index in [1.165, 1.54) is 0 Å². The first-order chi connectivity index (χ1) is 8.71. The lowest BCUT2D eigenvalue weighted by molar-refractivity contribution is -0.138. The molecule has 2 N–H and O–H groups in total. The molecule has 0 bridgehead atoms. The number of carbonyl (C=O) groups excluding carboxylic acids is 1. The van der Waals surface area contributed by atoms with Crippen LogP contribution in [0.4, 0.5) is 4.79 Å². The number of rotatable bonds is 4. The maximum Gasteiger partial charge on any atom is 0.323 e. The molecule has 1 atom stereocenters. The highest BCUT2D eigenvalue weighted by Gasteiger charge is 2.42. The Kier molecular flexibility index (Phi) is 3.46. The Bertz CT molecular complexity index is 497. The van der Waals surface area contributed by atoms with Gasteiger partial charge in [0.25, 0.3) is 0 Å². The van der Waals surface area contributed by atoms with Crippen molar-refractivity contribution in [3.8, 4) is 0 Å². The van der Waals surface area contributed by atoms with E-state index in [0.717, 1.165) is 17.7 Å². The van der Waals surface area contributed by atoms with Crippen LogP contribution in [0.2, 0.25) is 0 Å². The largest absolute Gasteiger partial charge is 0.480 e. The molecule has 0 aromatic rings. The van der Waals surface area contributed by atoms with Crippen molar-refractivity contribution in [1.29, 1.82) is 0 Å². The van der Waals surface area contributed by atoms with Crippen LogP contribution in [0.1, 0.15) is 26.2 Å². The molecule has 1 saturated heterocycles. The molecule has 0 spiro atoms. The Labute approximate surface area is 111 Å². The SMILES string of the molecule is CC1(NC(=O)N(CC(=O)O)C2CCS(=O)(=O)C2)CC1. The van der Waals surface area contributed by atoms with Crippen LogP contribution in [-0.4, -0.2) is 60.1 Å². The summed E-state index contributed by atoms with van der Waals surface area (Å²) < 4.78 is 22.9. The molecule has 2 rings (SSSR count). The van der Waals surface area contributed by atoms with Crippen molar-refractivity contribution < 1.29 is 23.1 Å². The van der Waals surface area contributed by atoms with Gasteiger partial charge in [-0.25, -0.2) is 13.2 Å². The number of aliphatic carboxylic acids is 1. The minimum Gasteiger partial charge on any atom is -0.480 e. The lowest BCUT2D eigenvalue weighted by Crippen LogP contribution is -2.51. The molecule has 1 aliphatic carbocycles. The van der Waals surface area contributed by atoms with E-state index in [9.17, 15) is 18.0 Å². The summed E-state index contributed by atoms with van der Waals surface area (Å²) in [5, 5.41) is 11.6. The number of carboxylic acids is 1. The minimum absolute atomic E-state index is 0.0122. The van der Waals surface area contributed by atoms with Crippen LogP contribution in [0, 0.1) is 0 Å². The van der Waals surface area contributed by atoms with Gasteiger partial charge in [0.15, 0.2) is 9.84 Å². The Balaban J connectivity index is 2.07. The summed E-state index contributed by atoms with van der Waals surface area (Å²) >= 11 is 0. The van der Waals surface area contributed by atoms with E-state index in [-0.39, 0.29) is 17.0 Å². The van der Waals surface area contributed by atoms with Gasteiger partial charge in [-0.1, -0.05) is 0 Å². The number of urea groups is 1. The van der Waals surface area contributed by atoms with Gasteiger partial charge in [-0.3, -0.25) is 4.79 Å². The number of carbonyl (C=O) groups is 2. The van der Waals surface area contributed by atoms with Gasteiger partial charge in [-0.05, 0) is 26.2 Å². The van der Waals surface area contributed by atoms with E-state index in [1.807, 2.05) is 6.92 Å². The molecule has 2 fully saturated rings. The Morgan fingerprint density at radius 2 is 2.05 bits per heavy atom. The molecule has 1 aliphatic heterocycles. The molecule has 7 nitrogen and oxygen atoms in total. The normalized spacial score (nSPS) is 26.7. The fourth-order valence-electron chi connectivity index (χ4n) is 2.18. The number of hydrogen-bond donors (Lipinski definition) is 2. The maximum atomic E-state index is 12.1. The molecule has 19 heavy (non-hydrogen) atoms. The van der Waals surface area contributed by atoms with Gasteiger partial charge in [-0.15, -0.1) is 0 Å². The van der Waals surface area contributed by atoms with Gasteiger partial charge < -0.3 is 15.3 Å². The third-order valence-corrected chi connectivity index (χ3v) is 5.37. The summed E-state index contributed by atoms with van der Waals surface area (Å²) in [6.07, 6.45) is 2.03. The Morgan fingerprint density at radius 1 is 1.42 bits per heavy atom. The molecule has 1 heterocycles. The van der Waals surface area contributed by atoms with Crippen molar-refractivity contribution in [2.24, 2.45) is 0 Å². The molecule has 1 saturated carbocycles. The molecule has 0 radical (unpaired) electrons. The first-order valence-corrected chi connectivity index (χ1v) is 8.04. The lowest BCUT2D eigenvalue weighted by atomic mass is 10.2. The third-order valence-electron chi connectivity index (χ3n) is 3.62. The second kappa shape index (κ2) is 4.66. The van der Waals surface area contributed by atoms with E-state index < -0.39 is 34.4 Å². The quantitative estimate of drug-likeness (QED) is 0.747. The zero-order valence-corrected chi connectivity index (χ0v) is 11.6. The molecule has 108 valence electrons. The molecular formula is C11H18N2O5S. The highest BCUT2D eigenvalue weighted by atomic mass is 32.2. The van der Waals surface area contributed by atoms with Gasteiger partial charge >= 0.3 is 12.0 Å². The standard InChI is InChI=1S/C11H18N2O5S/c1-11(3-4-11)12-10(16)13(6-9(14)15)8-2-5-19(17,18)7-8/h8H,2-7H2,1H3,(H,12,16)(H,14,15). The Morgan fingerprint density at radius 3 is 2.47 bits per heavy atom. The van der Waals surface area contributed by atoms with E-state index in [0.29, 0.717) is 6.42 Å². The summed E-state index contributed by atoms with van der Waals surface area (Å²) in [6, 6.07) is -1.02. The molecule has 8 heteroatoms. The van der Waals surface area contributed by atoms with Crippen LogP contribution < -0.4 is 5.32 Å². The Hall–Kier alpha value is -1.31.